The second-order valence-corrected chi connectivity index (χ2v) is 11.2. The lowest BCUT2D eigenvalue weighted by molar-refractivity contribution is 0.0773. The molecule has 0 atom stereocenters. The first-order valence-corrected chi connectivity index (χ1v) is 11.3. The first kappa shape index (κ1) is 20.9. The SMILES string of the molecule is Cc1ccc(-c2c(C)nc3sc(C(C)(C)O)nn23)cc1S(=O)(=O)CC(C)(C)O. The van der Waals surface area contributed by atoms with Crippen LogP contribution in [0, 0.1) is 13.8 Å². The third-order valence-electron chi connectivity index (χ3n) is 4.24. The van der Waals surface area contributed by atoms with Crippen LogP contribution in [0.25, 0.3) is 16.2 Å². The number of nitrogens with zero attached hydrogens (tertiary/aromatic N) is 3. The molecule has 0 amide bonds. The van der Waals surface area contributed by atoms with Crippen molar-refractivity contribution in [1.29, 1.82) is 0 Å². The van der Waals surface area contributed by atoms with Crippen molar-refractivity contribution >= 4 is 26.1 Å². The Morgan fingerprint density at radius 3 is 2.36 bits per heavy atom. The Hall–Kier alpha value is -1.81. The van der Waals surface area contributed by atoms with Crippen LogP contribution < -0.4 is 0 Å². The second kappa shape index (κ2) is 6.62. The molecule has 0 saturated carbocycles. The van der Waals surface area contributed by atoms with Crippen LogP contribution in [0.2, 0.25) is 0 Å². The normalized spacial score (nSPS) is 13.4. The fourth-order valence-electron chi connectivity index (χ4n) is 3.05. The third kappa shape index (κ3) is 3.98. The number of aliphatic hydroxyl groups is 2. The van der Waals surface area contributed by atoms with Gasteiger partial charge in [0.2, 0.25) is 4.96 Å². The van der Waals surface area contributed by atoms with Gasteiger partial charge in [0.25, 0.3) is 0 Å². The summed E-state index contributed by atoms with van der Waals surface area (Å²) in [7, 11) is -3.68. The molecule has 0 aliphatic heterocycles. The van der Waals surface area contributed by atoms with Gasteiger partial charge >= 0.3 is 0 Å². The molecule has 9 heteroatoms. The molecule has 1 aromatic carbocycles. The van der Waals surface area contributed by atoms with Crippen molar-refractivity contribution in [2.24, 2.45) is 0 Å². The van der Waals surface area contributed by atoms with Crippen molar-refractivity contribution in [3.8, 4) is 11.3 Å². The van der Waals surface area contributed by atoms with E-state index in [1.165, 1.54) is 25.2 Å². The van der Waals surface area contributed by atoms with Crippen LogP contribution >= 0.6 is 11.3 Å². The fourth-order valence-corrected chi connectivity index (χ4v) is 5.95. The van der Waals surface area contributed by atoms with Crippen molar-refractivity contribution in [2.45, 2.75) is 57.6 Å². The lowest BCUT2D eigenvalue weighted by atomic mass is 10.1. The largest absolute Gasteiger partial charge is 0.389 e. The van der Waals surface area contributed by atoms with E-state index in [0.717, 1.165) is 5.69 Å². The zero-order valence-electron chi connectivity index (χ0n) is 16.8. The van der Waals surface area contributed by atoms with E-state index in [9.17, 15) is 18.6 Å². The van der Waals surface area contributed by atoms with Crippen molar-refractivity contribution in [3.05, 3.63) is 34.5 Å². The summed E-state index contributed by atoms with van der Waals surface area (Å²) in [6.07, 6.45) is 0. The van der Waals surface area contributed by atoms with Crippen LogP contribution in [-0.2, 0) is 15.4 Å². The van der Waals surface area contributed by atoms with Crippen LogP contribution in [0.1, 0.15) is 44.0 Å². The van der Waals surface area contributed by atoms with E-state index in [4.69, 9.17) is 0 Å². The van der Waals surface area contributed by atoms with Crippen LogP contribution in [0.5, 0.6) is 0 Å². The molecule has 0 fully saturated rings. The molecular formula is C19H25N3O4S2. The van der Waals surface area contributed by atoms with Gasteiger partial charge in [0, 0.05) is 5.56 Å². The molecule has 0 bridgehead atoms. The molecule has 3 aromatic rings. The number of imidazole rings is 1. The predicted octanol–water partition coefficient (Wildman–Crippen LogP) is 2.85. The molecule has 0 radical (unpaired) electrons. The minimum atomic E-state index is -3.68. The molecule has 0 saturated heterocycles. The lowest BCUT2D eigenvalue weighted by Gasteiger charge is -2.18. The molecule has 2 N–H and O–H groups in total. The van der Waals surface area contributed by atoms with Crippen LogP contribution in [0.15, 0.2) is 23.1 Å². The minimum absolute atomic E-state index is 0.180. The predicted molar refractivity (Wildman–Crippen MR) is 109 cm³/mol. The smallest absolute Gasteiger partial charge is 0.213 e. The molecule has 2 aromatic heterocycles. The molecule has 2 heterocycles. The van der Waals surface area contributed by atoms with Gasteiger partial charge in [0.1, 0.15) is 10.6 Å². The summed E-state index contributed by atoms with van der Waals surface area (Å²) < 4.78 is 27.3. The Bertz CT molecular complexity index is 1150. The van der Waals surface area contributed by atoms with Gasteiger partial charge < -0.3 is 10.2 Å². The van der Waals surface area contributed by atoms with Gasteiger partial charge in [0.05, 0.1) is 27.6 Å². The Kier molecular flexibility index (Phi) is 4.94. The molecule has 0 aliphatic carbocycles. The molecule has 7 nitrogen and oxygen atoms in total. The second-order valence-electron chi connectivity index (χ2n) is 8.26. The topological polar surface area (TPSA) is 105 Å². The van der Waals surface area contributed by atoms with Crippen molar-refractivity contribution in [2.75, 3.05) is 5.75 Å². The first-order valence-electron chi connectivity index (χ1n) is 8.84. The fraction of sp³-hybridized carbons (Fsp3) is 0.474. The summed E-state index contributed by atoms with van der Waals surface area (Å²) >= 11 is 1.29. The van der Waals surface area contributed by atoms with Crippen molar-refractivity contribution < 1.29 is 18.6 Å². The average Bonchev–Trinajstić information content (AvgIpc) is 3.02. The van der Waals surface area contributed by atoms with Gasteiger partial charge in [-0.2, -0.15) is 5.10 Å². The van der Waals surface area contributed by atoms with Crippen molar-refractivity contribution in [3.63, 3.8) is 0 Å². The summed E-state index contributed by atoms with van der Waals surface area (Å²) in [5, 5.41) is 25.3. The standard InChI is InChI=1S/C19H25N3O4S2/c1-11-7-8-13(9-14(11)28(25,26)10-18(3,4)23)15-12(2)20-17-22(15)21-16(27-17)19(5,6)24/h7-9,23-24H,10H2,1-6H3. The summed E-state index contributed by atoms with van der Waals surface area (Å²) in [6.45, 7) is 9.83. The van der Waals surface area contributed by atoms with Gasteiger partial charge in [-0.3, -0.25) is 0 Å². The van der Waals surface area contributed by atoms with Crippen LogP contribution in [-0.4, -0.2) is 44.6 Å². The monoisotopic (exact) mass is 423 g/mol. The van der Waals surface area contributed by atoms with E-state index in [1.54, 1.807) is 37.4 Å². The zero-order chi connectivity index (χ0) is 21.1. The Balaban J connectivity index is 2.18. The zero-order valence-corrected chi connectivity index (χ0v) is 18.4. The third-order valence-corrected chi connectivity index (χ3v) is 7.66. The quantitative estimate of drug-likeness (QED) is 0.654. The maximum atomic E-state index is 12.8. The maximum absolute atomic E-state index is 12.8. The Labute approximate surface area is 168 Å². The highest BCUT2D eigenvalue weighted by Gasteiger charge is 2.28. The molecule has 152 valence electrons. The summed E-state index contributed by atoms with van der Waals surface area (Å²) in [4.78, 5) is 5.33. The molecule has 0 spiro atoms. The molecule has 0 aliphatic rings. The summed E-state index contributed by atoms with van der Waals surface area (Å²) in [5.41, 5.74) is 0.249. The number of aryl methyl sites for hydroxylation is 2. The van der Waals surface area contributed by atoms with Gasteiger partial charge in [-0.25, -0.2) is 17.9 Å². The van der Waals surface area contributed by atoms with Gasteiger partial charge in [0.15, 0.2) is 9.84 Å². The summed E-state index contributed by atoms with van der Waals surface area (Å²) in [5.74, 6) is -0.370. The molecule has 28 heavy (non-hydrogen) atoms. The first-order chi connectivity index (χ1) is 12.7. The maximum Gasteiger partial charge on any atom is 0.213 e. The number of hydrogen-bond donors (Lipinski definition) is 2. The Morgan fingerprint density at radius 2 is 1.79 bits per heavy atom. The van der Waals surface area contributed by atoms with E-state index >= 15 is 0 Å². The number of fused-ring (bicyclic) bond motifs is 1. The Morgan fingerprint density at radius 1 is 1.14 bits per heavy atom. The van der Waals surface area contributed by atoms with E-state index in [-0.39, 0.29) is 10.6 Å². The van der Waals surface area contributed by atoms with Gasteiger partial charge in [-0.1, -0.05) is 23.5 Å². The summed E-state index contributed by atoms with van der Waals surface area (Å²) in [6, 6.07) is 5.18. The molecule has 3 rings (SSSR count). The average molecular weight is 424 g/mol. The lowest BCUT2D eigenvalue weighted by Crippen LogP contribution is -2.30. The van der Waals surface area contributed by atoms with E-state index in [2.05, 4.69) is 10.1 Å². The van der Waals surface area contributed by atoms with Crippen LogP contribution in [0.4, 0.5) is 0 Å². The minimum Gasteiger partial charge on any atom is -0.389 e. The van der Waals surface area contributed by atoms with E-state index < -0.39 is 21.0 Å². The van der Waals surface area contributed by atoms with Crippen LogP contribution in [0.3, 0.4) is 0 Å². The van der Waals surface area contributed by atoms with Crippen molar-refractivity contribution in [1.82, 2.24) is 14.6 Å². The van der Waals surface area contributed by atoms with E-state index in [1.807, 2.05) is 13.0 Å². The highest BCUT2D eigenvalue weighted by molar-refractivity contribution is 7.91. The molecular weight excluding hydrogens is 398 g/mol. The highest BCUT2D eigenvalue weighted by Crippen LogP contribution is 2.33. The number of aromatic nitrogens is 3. The molecule has 0 unspecified atom stereocenters. The number of benzene rings is 1. The highest BCUT2D eigenvalue weighted by atomic mass is 32.2. The number of hydrogen-bond acceptors (Lipinski definition) is 7. The van der Waals surface area contributed by atoms with Gasteiger partial charge in [-0.15, -0.1) is 0 Å². The number of sulfone groups is 1. The van der Waals surface area contributed by atoms with E-state index in [0.29, 0.717) is 26.8 Å². The number of rotatable bonds is 5. The van der Waals surface area contributed by atoms with Gasteiger partial charge in [-0.05, 0) is 53.2 Å².